The number of hydrogen-bond donors (Lipinski definition) is 2. The predicted octanol–water partition coefficient (Wildman–Crippen LogP) is 3.87. The Morgan fingerprint density at radius 2 is 2.07 bits per heavy atom. The Morgan fingerprint density at radius 3 is 3.00 bits per heavy atom. The molecule has 3 heterocycles. The second-order valence-corrected chi connectivity index (χ2v) is 7.89. The van der Waals surface area contributed by atoms with Gasteiger partial charge < -0.3 is 15.0 Å². The number of likely N-dealkylation sites (tertiary alicyclic amines) is 1. The molecule has 1 saturated heterocycles. The van der Waals surface area contributed by atoms with Crippen molar-refractivity contribution < 1.29 is 5.11 Å². The number of aliphatic hydroxyl groups excluding tert-OH is 1. The van der Waals surface area contributed by atoms with Gasteiger partial charge >= 0.3 is 0 Å². The number of aliphatic hydroxyl groups is 1. The maximum Gasteiger partial charge on any atom is 0.0610 e. The van der Waals surface area contributed by atoms with Gasteiger partial charge in [0.2, 0.25) is 0 Å². The number of fused-ring (bicyclic) bond motifs is 2. The lowest BCUT2D eigenvalue weighted by atomic mass is 10.1. The highest BCUT2D eigenvalue weighted by atomic mass is 16.3. The molecule has 0 aliphatic carbocycles. The van der Waals surface area contributed by atoms with E-state index < -0.39 is 0 Å². The van der Waals surface area contributed by atoms with E-state index in [9.17, 15) is 5.11 Å². The molecule has 0 spiro atoms. The van der Waals surface area contributed by atoms with Gasteiger partial charge in [-0.05, 0) is 41.6 Å². The fraction of sp³-hybridized carbons (Fsp3) is 0.292. The molecule has 1 aliphatic rings. The Bertz CT molecular complexity index is 1130. The fourth-order valence-electron chi connectivity index (χ4n) is 4.45. The van der Waals surface area contributed by atoms with Crippen LogP contribution in [0.5, 0.6) is 0 Å². The molecule has 1 aliphatic heterocycles. The summed E-state index contributed by atoms with van der Waals surface area (Å²) in [4.78, 5) is 6.75. The van der Waals surface area contributed by atoms with Crippen LogP contribution >= 0.6 is 0 Å². The molecule has 0 saturated carbocycles. The first-order valence-electron chi connectivity index (χ1n) is 10.3. The normalized spacial score (nSPS) is 17.3. The van der Waals surface area contributed by atoms with Crippen LogP contribution in [0.1, 0.15) is 12.0 Å². The number of hydrogen-bond acceptors (Lipinski definition) is 4. The third kappa shape index (κ3) is 3.71. The van der Waals surface area contributed by atoms with Crippen LogP contribution in [-0.2, 0) is 13.1 Å². The zero-order valence-electron chi connectivity index (χ0n) is 16.5. The van der Waals surface area contributed by atoms with Crippen molar-refractivity contribution >= 4 is 27.4 Å². The molecule has 2 aromatic heterocycles. The first kappa shape index (κ1) is 18.2. The van der Waals surface area contributed by atoms with Gasteiger partial charge in [-0.25, -0.2) is 0 Å². The Labute approximate surface area is 170 Å². The SMILES string of the molecule is OCCn1ccc2ccc(CN3CCC(Nc4cccc5cnccc45)C3)cc21. The van der Waals surface area contributed by atoms with Crippen molar-refractivity contribution in [2.24, 2.45) is 0 Å². The molecule has 29 heavy (non-hydrogen) atoms. The van der Waals surface area contributed by atoms with E-state index in [1.165, 1.54) is 32.9 Å². The minimum absolute atomic E-state index is 0.164. The second kappa shape index (κ2) is 7.85. The van der Waals surface area contributed by atoms with E-state index in [2.05, 4.69) is 74.5 Å². The van der Waals surface area contributed by atoms with Gasteiger partial charge in [-0.2, -0.15) is 0 Å². The van der Waals surface area contributed by atoms with Crippen molar-refractivity contribution in [1.29, 1.82) is 0 Å². The van der Waals surface area contributed by atoms with Gasteiger partial charge in [0, 0.05) is 72.8 Å². The average Bonchev–Trinajstić information content (AvgIpc) is 3.35. The summed E-state index contributed by atoms with van der Waals surface area (Å²) in [6, 6.07) is 17.7. The lowest BCUT2D eigenvalue weighted by Crippen LogP contribution is -2.26. The predicted molar refractivity (Wildman–Crippen MR) is 118 cm³/mol. The van der Waals surface area contributed by atoms with E-state index in [-0.39, 0.29) is 6.61 Å². The second-order valence-electron chi connectivity index (χ2n) is 7.89. The van der Waals surface area contributed by atoms with Gasteiger partial charge in [0.15, 0.2) is 0 Å². The van der Waals surface area contributed by atoms with E-state index in [1.807, 2.05) is 12.4 Å². The topological polar surface area (TPSA) is 53.3 Å². The molecular formula is C24H26N4O. The van der Waals surface area contributed by atoms with Crippen LogP contribution < -0.4 is 5.32 Å². The molecule has 5 heteroatoms. The Morgan fingerprint density at radius 1 is 1.10 bits per heavy atom. The minimum atomic E-state index is 0.164. The van der Waals surface area contributed by atoms with Crippen molar-refractivity contribution in [3.05, 3.63) is 72.7 Å². The molecule has 4 aromatic rings. The number of nitrogens with zero attached hydrogens (tertiary/aromatic N) is 3. The van der Waals surface area contributed by atoms with Gasteiger partial charge in [-0.15, -0.1) is 0 Å². The molecule has 2 aromatic carbocycles. The zero-order chi connectivity index (χ0) is 19.6. The summed E-state index contributed by atoms with van der Waals surface area (Å²) in [6.07, 6.45) is 6.98. The lowest BCUT2D eigenvalue weighted by Gasteiger charge is -2.18. The van der Waals surface area contributed by atoms with Crippen LogP contribution in [0.25, 0.3) is 21.7 Å². The van der Waals surface area contributed by atoms with E-state index in [1.54, 1.807) is 0 Å². The molecule has 5 nitrogen and oxygen atoms in total. The molecule has 1 unspecified atom stereocenters. The number of rotatable bonds is 6. The van der Waals surface area contributed by atoms with Gasteiger partial charge in [-0.1, -0.05) is 24.3 Å². The summed E-state index contributed by atoms with van der Waals surface area (Å²) in [5, 5.41) is 16.7. The lowest BCUT2D eigenvalue weighted by molar-refractivity contribution is 0.278. The highest BCUT2D eigenvalue weighted by Gasteiger charge is 2.23. The van der Waals surface area contributed by atoms with Crippen LogP contribution in [-0.4, -0.2) is 45.3 Å². The molecule has 0 amide bonds. The van der Waals surface area contributed by atoms with Crippen molar-refractivity contribution in [3.63, 3.8) is 0 Å². The smallest absolute Gasteiger partial charge is 0.0610 e. The summed E-state index contributed by atoms with van der Waals surface area (Å²) in [5.74, 6) is 0. The zero-order valence-corrected chi connectivity index (χ0v) is 16.5. The van der Waals surface area contributed by atoms with Gasteiger partial charge in [0.1, 0.15) is 0 Å². The van der Waals surface area contributed by atoms with E-state index in [4.69, 9.17) is 0 Å². The van der Waals surface area contributed by atoms with E-state index in [0.29, 0.717) is 12.6 Å². The Balaban J connectivity index is 1.27. The van der Waals surface area contributed by atoms with Crippen molar-refractivity contribution in [1.82, 2.24) is 14.5 Å². The molecule has 0 bridgehead atoms. The van der Waals surface area contributed by atoms with E-state index >= 15 is 0 Å². The molecule has 1 atom stereocenters. The first-order chi connectivity index (χ1) is 14.3. The van der Waals surface area contributed by atoms with Gasteiger partial charge in [0.05, 0.1) is 6.61 Å². The molecule has 5 rings (SSSR count). The third-order valence-electron chi connectivity index (χ3n) is 5.90. The number of benzene rings is 2. The molecule has 1 fully saturated rings. The monoisotopic (exact) mass is 386 g/mol. The molecule has 2 N–H and O–H groups in total. The largest absolute Gasteiger partial charge is 0.395 e. The summed E-state index contributed by atoms with van der Waals surface area (Å²) in [6.45, 7) is 3.90. The Hall–Kier alpha value is -2.89. The van der Waals surface area contributed by atoms with Crippen molar-refractivity contribution in [3.8, 4) is 0 Å². The van der Waals surface area contributed by atoms with Crippen LogP contribution in [0, 0.1) is 0 Å². The number of aromatic nitrogens is 2. The van der Waals surface area contributed by atoms with Gasteiger partial charge in [0.25, 0.3) is 0 Å². The van der Waals surface area contributed by atoms with Crippen molar-refractivity contribution in [2.75, 3.05) is 25.0 Å². The fourth-order valence-corrected chi connectivity index (χ4v) is 4.45. The van der Waals surface area contributed by atoms with Crippen molar-refractivity contribution in [2.45, 2.75) is 25.6 Å². The summed E-state index contributed by atoms with van der Waals surface area (Å²) < 4.78 is 2.13. The van der Waals surface area contributed by atoms with Crippen LogP contribution in [0.2, 0.25) is 0 Å². The third-order valence-corrected chi connectivity index (χ3v) is 5.90. The number of pyridine rings is 1. The Kier molecular flexibility index (Phi) is 4.92. The van der Waals surface area contributed by atoms with Crippen LogP contribution in [0.3, 0.4) is 0 Å². The summed E-state index contributed by atoms with van der Waals surface area (Å²) in [7, 11) is 0. The average molecular weight is 386 g/mol. The molecule has 148 valence electrons. The summed E-state index contributed by atoms with van der Waals surface area (Å²) in [5.41, 5.74) is 3.72. The quantitative estimate of drug-likeness (QED) is 0.528. The first-order valence-corrected chi connectivity index (χ1v) is 10.3. The van der Waals surface area contributed by atoms with E-state index in [0.717, 1.165) is 26.1 Å². The molecular weight excluding hydrogens is 360 g/mol. The van der Waals surface area contributed by atoms with Gasteiger partial charge in [-0.3, -0.25) is 9.88 Å². The highest BCUT2D eigenvalue weighted by Crippen LogP contribution is 2.26. The number of nitrogens with one attached hydrogen (secondary N) is 1. The number of anilines is 1. The van der Waals surface area contributed by atoms with Crippen LogP contribution in [0.15, 0.2) is 67.1 Å². The summed E-state index contributed by atoms with van der Waals surface area (Å²) >= 11 is 0. The highest BCUT2D eigenvalue weighted by molar-refractivity contribution is 5.93. The van der Waals surface area contributed by atoms with Crippen LogP contribution in [0.4, 0.5) is 5.69 Å². The minimum Gasteiger partial charge on any atom is -0.395 e. The standard InChI is InChI=1S/C24H26N4O/c29-13-12-28-11-7-19-5-4-18(14-24(19)28)16-27-10-8-21(17-27)26-23-3-1-2-20-15-25-9-6-22(20)23/h1-7,9,11,14-15,21,26,29H,8,10,12-13,16-17H2. The maximum atomic E-state index is 9.27. The maximum absolute atomic E-state index is 9.27. The molecule has 0 radical (unpaired) electrons.